The molecule has 0 rings (SSSR count). The molecule has 3 N–H and O–H groups in total. The van der Waals surface area contributed by atoms with Crippen molar-refractivity contribution < 1.29 is 15.0 Å². The Morgan fingerprint density at radius 2 is 0.931 bits per heavy atom. The third-order valence-corrected chi connectivity index (χ3v) is 6.06. The van der Waals surface area contributed by atoms with Crippen LogP contribution in [0.1, 0.15) is 136 Å². The van der Waals surface area contributed by atoms with E-state index in [4.69, 9.17) is 0 Å². The number of amides is 1. The topological polar surface area (TPSA) is 69.6 Å². The molecule has 174 valence electrons. The number of carbonyl (C=O) groups is 1. The van der Waals surface area contributed by atoms with Gasteiger partial charge in [-0.25, -0.2) is 0 Å². The normalized spacial score (nSPS) is 11.7. The maximum Gasteiger partial charge on any atom is 0.217 e. The van der Waals surface area contributed by atoms with E-state index in [0.717, 1.165) is 12.8 Å². The van der Waals surface area contributed by atoms with E-state index in [-0.39, 0.29) is 19.1 Å². The Labute approximate surface area is 181 Å². The van der Waals surface area contributed by atoms with Crippen molar-refractivity contribution in [3.8, 4) is 0 Å². The first-order valence-corrected chi connectivity index (χ1v) is 12.6. The average Bonchev–Trinajstić information content (AvgIpc) is 2.71. The minimum atomic E-state index is -0.846. The molecule has 0 saturated carbocycles. The molecule has 0 bridgehead atoms. The minimum Gasteiger partial charge on any atom is -0.394 e. The van der Waals surface area contributed by atoms with Crippen molar-refractivity contribution in [1.29, 1.82) is 0 Å². The first kappa shape index (κ1) is 28.4. The number of hydrogen-bond acceptors (Lipinski definition) is 3. The molecule has 0 fully saturated rings. The predicted octanol–water partition coefficient (Wildman–Crippen LogP) is 6.28. The summed E-state index contributed by atoms with van der Waals surface area (Å²) < 4.78 is 0. The van der Waals surface area contributed by atoms with Crippen LogP contribution in [-0.2, 0) is 4.79 Å². The second-order valence-corrected chi connectivity index (χ2v) is 9.04. The molecule has 0 saturated heterocycles. The fourth-order valence-electron chi connectivity index (χ4n) is 4.09. The van der Waals surface area contributed by atoms with E-state index in [0.29, 0.717) is 6.42 Å². The fraction of sp³-hybridized carbons (Fsp3) is 0.960. The highest BCUT2D eigenvalue weighted by atomic mass is 16.3. The summed E-state index contributed by atoms with van der Waals surface area (Å²) in [4.78, 5) is 11.2. The number of aliphatic hydroxyl groups excluding tert-OH is 2. The number of unbranched alkanes of at least 4 members (excludes halogenated alkanes) is 17. The van der Waals surface area contributed by atoms with Gasteiger partial charge in [0.25, 0.3) is 0 Å². The van der Waals surface area contributed by atoms with Crippen LogP contribution in [0.15, 0.2) is 0 Å². The molecule has 0 unspecified atom stereocenters. The molecule has 0 aliphatic carbocycles. The van der Waals surface area contributed by atoms with Gasteiger partial charge in [0.15, 0.2) is 0 Å². The summed E-state index contributed by atoms with van der Waals surface area (Å²) in [6.07, 6.45) is 24.7. The van der Waals surface area contributed by atoms with Crippen molar-refractivity contribution in [3.63, 3.8) is 0 Å². The van der Waals surface area contributed by atoms with Crippen LogP contribution >= 0.6 is 0 Å². The Bertz CT molecular complexity index is 356. The van der Waals surface area contributed by atoms with Gasteiger partial charge in [0.2, 0.25) is 5.91 Å². The van der Waals surface area contributed by atoms with Crippen molar-refractivity contribution in [2.24, 2.45) is 0 Å². The Morgan fingerprint density at radius 1 is 0.621 bits per heavy atom. The smallest absolute Gasteiger partial charge is 0.217 e. The van der Waals surface area contributed by atoms with Crippen LogP contribution < -0.4 is 5.32 Å². The van der Waals surface area contributed by atoms with Gasteiger partial charge in [0.1, 0.15) is 0 Å². The lowest BCUT2D eigenvalue weighted by Crippen LogP contribution is -2.53. The maximum absolute atomic E-state index is 11.2. The molecule has 0 atom stereocenters. The van der Waals surface area contributed by atoms with Crippen molar-refractivity contribution in [2.75, 3.05) is 13.2 Å². The highest BCUT2D eigenvalue weighted by Gasteiger charge is 2.28. The molecule has 0 aliphatic heterocycles. The molecule has 0 aromatic heterocycles. The lowest BCUT2D eigenvalue weighted by atomic mass is 9.93. The van der Waals surface area contributed by atoms with Gasteiger partial charge in [0.05, 0.1) is 18.8 Å². The van der Waals surface area contributed by atoms with E-state index in [2.05, 4.69) is 12.2 Å². The summed E-state index contributed by atoms with van der Waals surface area (Å²) in [5, 5.41) is 21.7. The largest absolute Gasteiger partial charge is 0.394 e. The van der Waals surface area contributed by atoms with Crippen molar-refractivity contribution >= 4 is 5.91 Å². The van der Waals surface area contributed by atoms with Crippen LogP contribution in [-0.4, -0.2) is 34.9 Å². The third-order valence-electron chi connectivity index (χ3n) is 6.06. The Balaban J connectivity index is 3.34. The zero-order valence-corrected chi connectivity index (χ0v) is 19.7. The zero-order chi connectivity index (χ0) is 21.6. The number of hydrogen-bond donors (Lipinski definition) is 3. The van der Waals surface area contributed by atoms with E-state index in [1.54, 1.807) is 0 Å². The Hall–Kier alpha value is -0.610. The first-order chi connectivity index (χ1) is 14.1. The van der Waals surface area contributed by atoms with Crippen LogP contribution in [0.2, 0.25) is 0 Å². The fourth-order valence-corrected chi connectivity index (χ4v) is 4.09. The molecule has 0 aromatic carbocycles. The number of rotatable bonds is 22. The van der Waals surface area contributed by atoms with Crippen LogP contribution in [0.25, 0.3) is 0 Å². The van der Waals surface area contributed by atoms with Crippen LogP contribution in [0.5, 0.6) is 0 Å². The van der Waals surface area contributed by atoms with Crippen molar-refractivity contribution in [2.45, 2.75) is 141 Å². The van der Waals surface area contributed by atoms with Crippen LogP contribution in [0.3, 0.4) is 0 Å². The number of nitrogens with one attached hydrogen (secondary N) is 1. The minimum absolute atomic E-state index is 0.199. The van der Waals surface area contributed by atoms with Gasteiger partial charge in [-0.15, -0.1) is 0 Å². The van der Waals surface area contributed by atoms with E-state index >= 15 is 0 Å². The Kier molecular flexibility index (Phi) is 20.2. The average molecular weight is 414 g/mol. The highest BCUT2D eigenvalue weighted by molar-refractivity contribution is 5.73. The van der Waals surface area contributed by atoms with Gasteiger partial charge in [-0.3, -0.25) is 4.79 Å². The van der Waals surface area contributed by atoms with E-state index in [9.17, 15) is 15.0 Å². The molecule has 4 heteroatoms. The monoisotopic (exact) mass is 413 g/mol. The molecule has 1 amide bonds. The second kappa shape index (κ2) is 20.7. The zero-order valence-electron chi connectivity index (χ0n) is 19.7. The van der Waals surface area contributed by atoms with Gasteiger partial charge >= 0.3 is 0 Å². The molecule has 0 spiro atoms. The SMILES string of the molecule is CCCCCCCCCCCCCCCCCCCCC(CO)(CO)NC(C)=O. The quantitative estimate of drug-likeness (QED) is 0.183. The summed E-state index contributed by atoms with van der Waals surface area (Å²) in [6.45, 7) is 3.29. The summed E-state index contributed by atoms with van der Waals surface area (Å²) in [7, 11) is 0. The van der Waals surface area contributed by atoms with E-state index < -0.39 is 5.54 Å². The van der Waals surface area contributed by atoms with E-state index in [1.807, 2.05) is 0 Å². The first-order valence-electron chi connectivity index (χ1n) is 12.6. The van der Waals surface area contributed by atoms with Crippen molar-refractivity contribution in [3.05, 3.63) is 0 Å². The molecule has 29 heavy (non-hydrogen) atoms. The maximum atomic E-state index is 11.2. The summed E-state index contributed by atoms with van der Waals surface area (Å²) in [5.41, 5.74) is -0.846. The van der Waals surface area contributed by atoms with Crippen LogP contribution in [0.4, 0.5) is 0 Å². The van der Waals surface area contributed by atoms with Gasteiger partial charge in [-0.1, -0.05) is 122 Å². The van der Waals surface area contributed by atoms with Gasteiger partial charge < -0.3 is 15.5 Å². The Morgan fingerprint density at radius 3 is 1.21 bits per heavy atom. The molecular formula is C25H51NO3. The standard InChI is InChI=1S/C25H51NO3/c1-3-4-5-6-7-8-9-10-11-12-13-14-15-16-17-18-19-20-21-25(22-27,23-28)26-24(2)29/h27-28H,3-23H2,1-2H3,(H,26,29). The van der Waals surface area contributed by atoms with Crippen LogP contribution in [0, 0.1) is 0 Å². The second-order valence-electron chi connectivity index (χ2n) is 9.04. The molecule has 0 heterocycles. The number of carbonyl (C=O) groups excluding carboxylic acids is 1. The third kappa shape index (κ3) is 17.9. The van der Waals surface area contributed by atoms with Gasteiger partial charge in [-0.05, 0) is 6.42 Å². The molecule has 0 aliphatic rings. The lowest BCUT2D eigenvalue weighted by Gasteiger charge is -2.30. The molecule has 0 aromatic rings. The van der Waals surface area contributed by atoms with Gasteiger partial charge in [0, 0.05) is 6.92 Å². The summed E-state index contributed by atoms with van der Waals surface area (Å²) in [5.74, 6) is -0.199. The summed E-state index contributed by atoms with van der Waals surface area (Å²) in [6, 6.07) is 0. The summed E-state index contributed by atoms with van der Waals surface area (Å²) >= 11 is 0. The van der Waals surface area contributed by atoms with Crippen molar-refractivity contribution in [1.82, 2.24) is 5.32 Å². The molecule has 4 nitrogen and oxygen atoms in total. The van der Waals surface area contributed by atoms with Gasteiger partial charge in [-0.2, -0.15) is 0 Å². The highest BCUT2D eigenvalue weighted by Crippen LogP contribution is 2.17. The molecular weight excluding hydrogens is 362 g/mol. The number of aliphatic hydroxyl groups is 2. The molecule has 0 radical (unpaired) electrons. The van der Waals surface area contributed by atoms with E-state index in [1.165, 1.54) is 110 Å². The lowest BCUT2D eigenvalue weighted by molar-refractivity contribution is -0.122. The predicted molar refractivity (Wildman–Crippen MR) is 124 cm³/mol.